The highest BCUT2D eigenvalue weighted by molar-refractivity contribution is 6.30. The first-order valence-electron chi connectivity index (χ1n) is 5.50. The van der Waals surface area contributed by atoms with Gasteiger partial charge in [0.05, 0.1) is 5.69 Å². The zero-order valence-corrected chi connectivity index (χ0v) is 10.2. The van der Waals surface area contributed by atoms with Crippen LogP contribution in [0.15, 0.2) is 48.8 Å². The van der Waals surface area contributed by atoms with E-state index in [1.807, 2.05) is 36.4 Å². The number of nitrogens with zero attached hydrogens (tertiary/aromatic N) is 2. The summed E-state index contributed by atoms with van der Waals surface area (Å²) in [5.74, 6) is 0.505. The van der Waals surface area contributed by atoms with E-state index < -0.39 is 0 Å². The van der Waals surface area contributed by atoms with Gasteiger partial charge in [0, 0.05) is 33.8 Å². The Kier molecular flexibility index (Phi) is 2.61. The highest BCUT2D eigenvalue weighted by Gasteiger charge is 2.05. The van der Waals surface area contributed by atoms with E-state index >= 15 is 0 Å². The molecule has 3 nitrogen and oxygen atoms in total. The number of nitrogen functional groups attached to an aromatic ring is 1. The molecule has 0 amide bonds. The van der Waals surface area contributed by atoms with Crippen molar-refractivity contribution in [3.05, 3.63) is 53.8 Å². The van der Waals surface area contributed by atoms with Gasteiger partial charge in [-0.25, -0.2) is 4.98 Å². The van der Waals surface area contributed by atoms with Crippen LogP contribution in [-0.2, 0) is 0 Å². The summed E-state index contributed by atoms with van der Waals surface area (Å²) in [4.78, 5) is 8.50. The first-order chi connectivity index (χ1) is 8.74. The van der Waals surface area contributed by atoms with E-state index in [9.17, 15) is 0 Å². The molecule has 88 valence electrons. The molecular formula is C14H10ClN3. The highest BCUT2D eigenvalue weighted by atomic mass is 35.5. The third kappa shape index (κ3) is 1.89. The minimum Gasteiger partial charge on any atom is -0.383 e. The van der Waals surface area contributed by atoms with Crippen LogP contribution >= 0.6 is 11.6 Å². The van der Waals surface area contributed by atoms with E-state index in [4.69, 9.17) is 17.3 Å². The number of fused-ring (bicyclic) bond motifs is 1. The molecule has 3 aromatic rings. The molecule has 3 rings (SSSR count). The van der Waals surface area contributed by atoms with E-state index in [2.05, 4.69) is 9.97 Å². The van der Waals surface area contributed by atoms with Crippen molar-refractivity contribution in [2.75, 3.05) is 5.73 Å². The summed E-state index contributed by atoms with van der Waals surface area (Å²) >= 11 is 5.98. The van der Waals surface area contributed by atoms with Gasteiger partial charge in [0.15, 0.2) is 0 Å². The molecule has 1 aromatic carbocycles. The van der Waals surface area contributed by atoms with E-state index in [1.54, 1.807) is 12.4 Å². The number of hydrogen-bond acceptors (Lipinski definition) is 3. The summed E-state index contributed by atoms with van der Waals surface area (Å²) in [6.07, 6.45) is 3.49. The smallest absolute Gasteiger partial charge is 0.132 e. The monoisotopic (exact) mass is 255 g/mol. The fraction of sp³-hybridized carbons (Fsp3) is 0. The maximum absolute atomic E-state index is 5.98. The number of anilines is 1. The normalized spacial score (nSPS) is 10.7. The number of aromatic nitrogens is 2. The molecule has 0 aliphatic heterocycles. The Bertz CT molecular complexity index is 725. The zero-order chi connectivity index (χ0) is 12.5. The first-order valence-corrected chi connectivity index (χ1v) is 5.88. The van der Waals surface area contributed by atoms with Crippen molar-refractivity contribution >= 4 is 28.2 Å². The van der Waals surface area contributed by atoms with Crippen LogP contribution in [0.25, 0.3) is 22.0 Å². The zero-order valence-electron chi connectivity index (χ0n) is 9.47. The molecule has 0 saturated heterocycles. The van der Waals surface area contributed by atoms with Gasteiger partial charge in [-0.15, -0.1) is 0 Å². The molecule has 0 aliphatic rings. The van der Waals surface area contributed by atoms with Crippen LogP contribution in [0.4, 0.5) is 5.82 Å². The lowest BCUT2D eigenvalue weighted by Gasteiger charge is -2.06. The minimum absolute atomic E-state index is 0.505. The molecule has 0 spiro atoms. The predicted molar refractivity (Wildman–Crippen MR) is 74.4 cm³/mol. The van der Waals surface area contributed by atoms with E-state index in [-0.39, 0.29) is 0 Å². The Labute approximate surface area is 109 Å². The van der Waals surface area contributed by atoms with Crippen molar-refractivity contribution in [2.24, 2.45) is 0 Å². The average Bonchev–Trinajstić information content (AvgIpc) is 2.39. The SMILES string of the molecule is Nc1nc(-c2cccc(Cl)c2)cc2cnccc12. The molecule has 0 unspecified atom stereocenters. The first kappa shape index (κ1) is 11.0. The van der Waals surface area contributed by atoms with Crippen LogP contribution in [0.5, 0.6) is 0 Å². The van der Waals surface area contributed by atoms with Crippen molar-refractivity contribution in [3.8, 4) is 11.3 Å². The van der Waals surface area contributed by atoms with Gasteiger partial charge in [0.1, 0.15) is 5.82 Å². The number of pyridine rings is 2. The number of halogens is 1. The van der Waals surface area contributed by atoms with Crippen LogP contribution in [0.1, 0.15) is 0 Å². The summed E-state index contributed by atoms with van der Waals surface area (Å²) in [6, 6.07) is 11.4. The number of nitrogens with two attached hydrogens (primary N) is 1. The molecule has 0 atom stereocenters. The van der Waals surface area contributed by atoms with Crippen molar-refractivity contribution in [2.45, 2.75) is 0 Å². The van der Waals surface area contributed by atoms with Gasteiger partial charge in [-0.2, -0.15) is 0 Å². The number of hydrogen-bond donors (Lipinski definition) is 1. The molecule has 0 fully saturated rings. The van der Waals surface area contributed by atoms with Gasteiger partial charge in [-0.05, 0) is 24.3 Å². The minimum atomic E-state index is 0.505. The number of rotatable bonds is 1. The molecule has 0 bridgehead atoms. The third-order valence-electron chi connectivity index (χ3n) is 2.78. The van der Waals surface area contributed by atoms with Gasteiger partial charge < -0.3 is 5.73 Å². The Morgan fingerprint density at radius 2 is 2.00 bits per heavy atom. The Hall–Kier alpha value is -2.13. The third-order valence-corrected chi connectivity index (χ3v) is 3.02. The lowest BCUT2D eigenvalue weighted by Crippen LogP contribution is -1.94. The van der Waals surface area contributed by atoms with E-state index in [0.717, 1.165) is 22.0 Å². The van der Waals surface area contributed by atoms with Crippen LogP contribution in [0.2, 0.25) is 5.02 Å². The molecule has 18 heavy (non-hydrogen) atoms. The van der Waals surface area contributed by atoms with Gasteiger partial charge in [-0.3, -0.25) is 4.98 Å². The van der Waals surface area contributed by atoms with E-state index in [0.29, 0.717) is 10.8 Å². The molecule has 2 aromatic heterocycles. The fourth-order valence-electron chi connectivity index (χ4n) is 1.92. The van der Waals surface area contributed by atoms with Gasteiger partial charge >= 0.3 is 0 Å². The fourth-order valence-corrected chi connectivity index (χ4v) is 2.11. The largest absolute Gasteiger partial charge is 0.383 e. The summed E-state index contributed by atoms with van der Waals surface area (Å²) < 4.78 is 0. The lowest BCUT2D eigenvalue weighted by atomic mass is 10.1. The Morgan fingerprint density at radius 1 is 1.11 bits per heavy atom. The topological polar surface area (TPSA) is 51.8 Å². The molecule has 4 heteroatoms. The number of benzene rings is 1. The van der Waals surface area contributed by atoms with Crippen molar-refractivity contribution in [1.82, 2.24) is 9.97 Å². The summed E-state index contributed by atoms with van der Waals surface area (Å²) in [7, 11) is 0. The molecule has 2 N–H and O–H groups in total. The molecular weight excluding hydrogens is 246 g/mol. The summed E-state index contributed by atoms with van der Waals surface area (Å²) in [6.45, 7) is 0. The summed E-state index contributed by atoms with van der Waals surface area (Å²) in [5, 5.41) is 2.56. The second kappa shape index (κ2) is 4.27. The second-order valence-electron chi connectivity index (χ2n) is 4.00. The second-order valence-corrected chi connectivity index (χ2v) is 4.44. The van der Waals surface area contributed by atoms with Gasteiger partial charge in [0.25, 0.3) is 0 Å². The maximum Gasteiger partial charge on any atom is 0.132 e. The predicted octanol–water partition coefficient (Wildman–Crippen LogP) is 3.53. The van der Waals surface area contributed by atoms with Gasteiger partial charge in [0.2, 0.25) is 0 Å². The van der Waals surface area contributed by atoms with Crippen molar-refractivity contribution in [3.63, 3.8) is 0 Å². The summed E-state index contributed by atoms with van der Waals surface area (Å²) in [5.41, 5.74) is 7.71. The average molecular weight is 256 g/mol. The van der Waals surface area contributed by atoms with Crippen molar-refractivity contribution in [1.29, 1.82) is 0 Å². The van der Waals surface area contributed by atoms with Crippen LogP contribution in [0.3, 0.4) is 0 Å². The molecule has 2 heterocycles. The lowest BCUT2D eigenvalue weighted by molar-refractivity contribution is 1.32. The molecule has 0 aliphatic carbocycles. The molecule has 0 saturated carbocycles. The van der Waals surface area contributed by atoms with Crippen LogP contribution in [0, 0.1) is 0 Å². The van der Waals surface area contributed by atoms with Crippen molar-refractivity contribution < 1.29 is 0 Å². The Balaban J connectivity index is 2.24. The van der Waals surface area contributed by atoms with Crippen LogP contribution in [-0.4, -0.2) is 9.97 Å². The van der Waals surface area contributed by atoms with Gasteiger partial charge in [-0.1, -0.05) is 23.7 Å². The standard InChI is InChI=1S/C14H10ClN3/c15-11-3-1-2-9(6-11)13-7-10-8-17-5-4-12(10)14(16)18-13/h1-8H,(H2,16,18). The van der Waals surface area contributed by atoms with E-state index in [1.165, 1.54) is 0 Å². The van der Waals surface area contributed by atoms with Crippen LogP contribution < -0.4 is 5.73 Å². The quantitative estimate of drug-likeness (QED) is 0.724. The molecule has 0 radical (unpaired) electrons. The highest BCUT2D eigenvalue weighted by Crippen LogP contribution is 2.26. The Morgan fingerprint density at radius 3 is 2.83 bits per heavy atom. The maximum atomic E-state index is 5.98.